The van der Waals surface area contributed by atoms with Crippen molar-refractivity contribution in [2.45, 2.75) is 45.6 Å². The summed E-state index contributed by atoms with van der Waals surface area (Å²) in [6.45, 7) is 5.07. The van der Waals surface area contributed by atoms with E-state index in [0.29, 0.717) is 18.2 Å². The van der Waals surface area contributed by atoms with E-state index < -0.39 is 0 Å². The van der Waals surface area contributed by atoms with E-state index in [-0.39, 0.29) is 12.6 Å². The van der Waals surface area contributed by atoms with Crippen molar-refractivity contribution in [1.29, 1.82) is 0 Å². The average molecular weight is 251 g/mol. The highest BCUT2D eigenvalue weighted by Gasteiger charge is 2.67. The Kier molecular flexibility index (Phi) is 3.13. The van der Waals surface area contributed by atoms with Crippen LogP contribution in [0.5, 0.6) is 0 Å². The number of amides is 1. The number of carbonyl (C=O) groups excluding carboxylic acids is 1. The first-order valence-electron chi connectivity index (χ1n) is 7.56. The second-order valence-corrected chi connectivity index (χ2v) is 6.72. The highest BCUT2D eigenvalue weighted by atomic mass is 16.3. The van der Waals surface area contributed by atoms with E-state index in [2.05, 4.69) is 13.8 Å². The zero-order valence-corrected chi connectivity index (χ0v) is 11.5. The molecule has 0 heterocycles. The van der Waals surface area contributed by atoms with Gasteiger partial charge >= 0.3 is 0 Å². The molecule has 0 aliphatic heterocycles. The summed E-state index contributed by atoms with van der Waals surface area (Å²) in [5.41, 5.74) is 0. The van der Waals surface area contributed by atoms with Crippen LogP contribution in [-0.2, 0) is 4.79 Å². The van der Waals surface area contributed by atoms with Crippen LogP contribution >= 0.6 is 0 Å². The molecule has 0 aromatic rings. The first-order chi connectivity index (χ1) is 8.65. The molecule has 0 aromatic heterocycles. The van der Waals surface area contributed by atoms with Crippen LogP contribution in [0.3, 0.4) is 0 Å². The predicted octanol–water partition coefficient (Wildman–Crippen LogP) is 1.90. The van der Waals surface area contributed by atoms with Crippen LogP contribution in [0.25, 0.3) is 0 Å². The van der Waals surface area contributed by atoms with Gasteiger partial charge in [0.2, 0.25) is 5.91 Å². The van der Waals surface area contributed by atoms with Gasteiger partial charge in [0.1, 0.15) is 0 Å². The zero-order valence-electron chi connectivity index (χ0n) is 11.5. The van der Waals surface area contributed by atoms with Gasteiger partial charge in [-0.3, -0.25) is 4.79 Å². The van der Waals surface area contributed by atoms with E-state index in [4.69, 9.17) is 5.11 Å². The van der Waals surface area contributed by atoms with Gasteiger partial charge in [0.25, 0.3) is 0 Å². The van der Waals surface area contributed by atoms with Crippen LogP contribution < -0.4 is 0 Å². The predicted molar refractivity (Wildman–Crippen MR) is 69.9 cm³/mol. The molecule has 3 heteroatoms. The first-order valence-corrected chi connectivity index (χ1v) is 7.56. The third kappa shape index (κ3) is 1.78. The van der Waals surface area contributed by atoms with E-state index >= 15 is 0 Å². The van der Waals surface area contributed by atoms with E-state index in [1.54, 1.807) is 0 Å². The van der Waals surface area contributed by atoms with Crippen LogP contribution in [0, 0.1) is 29.6 Å². The molecule has 0 spiro atoms. The molecule has 102 valence electrons. The van der Waals surface area contributed by atoms with Crippen LogP contribution in [0.15, 0.2) is 0 Å². The number of hydrogen-bond donors (Lipinski definition) is 1. The molecule has 1 N–H and O–H groups in total. The van der Waals surface area contributed by atoms with Crippen molar-refractivity contribution in [3.05, 3.63) is 0 Å². The number of carbonyl (C=O) groups is 1. The molecule has 0 saturated heterocycles. The molecular formula is C15H25NO2. The standard InChI is InChI=1S/C15H25NO2/c1-9(2)16(6-3-7-17)15(18)14-12-10-4-5-11(8-10)13(12)14/h9-14,17H,3-8H2,1-2H3. The number of rotatable bonds is 5. The summed E-state index contributed by atoms with van der Waals surface area (Å²) in [4.78, 5) is 14.6. The molecule has 3 aliphatic rings. The summed E-state index contributed by atoms with van der Waals surface area (Å²) in [6.07, 6.45) is 4.85. The minimum atomic E-state index is 0.180. The second kappa shape index (κ2) is 4.52. The fourth-order valence-corrected chi connectivity index (χ4v) is 4.71. The van der Waals surface area contributed by atoms with E-state index in [1.165, 1.54) is 19.3 Å². The maximum Gasteiger partial charge on any atom is 0.226 e. The highest BCUT2D eigenvalue weighted by Crippen LogP contribution is 2.69. The van der Waals surface area contributed by atoms with E-state index in [0.717, 1.165) is 30.2 Å². The van der Waals surface area contributed by atoms with Gasteiger partial charge < -0.3 is 10.0 Å². The maximum atomic E-state index is 12.6. The quantitative estimate of drug-likeness (QED) is 0.810. The molecule has 3 aliphatic carbocycles. The highest BCUT2D eigenvalue weighted by molar-refractivity contribution is 5.83. The van der Waals surface area contributed by atoms with Gasteiger partial charge in [0, 0.05) is 25.1 Å². The Labute approximate surface area is 110 Å². The number of fused-ring (bicyclic) bond motifs is 5. The molecule has 3 rings (SSSR count). The average Bonchev–Trinajstić information content (AvgIpc) is 2.78. The Bertz CT molecular complexity index is 325. The van der Waals surface area contributed by atoms with Gasteiger partial charge in [-0.2, -0.15) is 0 Å². The number of aliphatic hydroxyl groups excluding tert-OH is 1. The van der Waals surface area contributed by atoms with Crippen LogP contribution in [0.2, 0.25) is 0 Å². The summed E-state index contributed by atoms with van der Waals surface area (Å²) in [7, 11) is 0. The molecule has 3 saturated carbocycles. The van der Waals surface area contributed by atoms with Crippen molar-refractivity contribution >= 4 is 5.91 Å². The summed E-state index contributed by atoms with van der Waals surface area (Å²) in [5, 5.41) is 8.95. The largest absolute Gasteiger partial charge is 0.396 e. The molecular weight excluding hydrogens is 226 g/mol. The lowest BCUT2D eigenvalue weighted by Crippen LogP contribution is -2.40. The molecule has 4 atom stereocenters. The third-order valence-electron chi connectivity index (χ3n) is 5.48. The lowest BCUT2D eigenvalue weighted by Gasteiger charge is -2.27. The maximum absolute atomic E-state index is 12.6. The number of aliphatic hydroxyl groups is 1. The molecule has 3 fully saturated rings. The second-order valence-electron chi connectivity index (χ2n) is 6.72. The molecule has 1 amide bonds. The van der Waals surface area contributed by atoms with Gasteiger partial charge in [-0.1, -0.05) is 0 Å². The van der Waals surface area contributed by atoms with Crippen LogP contribution in [-0.4, -0.2) is 35.1 Å². The van der Waals surface area contributed by atoms with Gasteiger partial charge in [-0.15, -0.1) is 0 Å². The van der Waals surface area contributed by atoms with Gasteiger partial charge in [0.15, 0.2) is 0 Å². The summed E-state index contributed by atoms with van der Waals surface area (Å²) < 4.78 is 0. The fourth-order valence-electron chi connectivity index (χ4n) is 4.71. The molecule has 0 radical (unpaired) electrons. The fraction of sp³-hybridized carbons (Fsp3) is 0.933. The van der Waals surface area contributed by atoms with E-state index in [9.17, 15) is 4.79 Å². The SMILES string of the molecule is CC(C)N(CCCO)C(=O)C1C2C3CCC(C3)C12. The minimum absolute atomic E-state index is 0.180. The van der Waals surface area contributed by atoms with Gasteiger partial charge in [-0.05, 0) is 63.2 Å². The van der Waals surface area contributed by atoms with Gasteiger partial charge in [0.05, 0.1) is 0 Å². The monoisotopic (exact) mass is 251 g/mol. The molecule has 0 aromatic carbocycles. The smallest absolute Gasteiger partial charge is 0.226 e. The summed E-state index contributed by atoms with van der Waals surface area (Å²) in [6, 6.07) is 0.267. The molecule has 4 unspecified atom stereocenters. The zero-order chi connectivity index (χ0) is 12.9. The Morgan fingerprint density at radius 2 is 1.89 bits per heavy atom. The van der Waals surface area contributed by atoms with Crippen molar-refractivity contribution in [3.63, 3.8) is 0 Å². The van der Waals surface area contributed by atoms with Crippen LogP contribution in [0.4, 0.5) is 0 Å². The Hall–Kier alpha value is -0.570. The minimum Gasteiger partial charge on any atom is -0.396 e. The topological polar surface area (TPSA) is 40.5 Å². The normalized spacial score (nSPS) is 40.1. The van der Waals surface area contributed by atoms with Crippen molar-refractivity contribution in [3.8, 4) is 0 Å². The summed E-state index contributed by atoms with van der Waals surface area (Å²) >= 11 is 0. The van der Waals surface area contributed by atoms with Crippen molar-refractivity contribution in [1.82, 2.24) is 4.90 Å². The number of hydrogen-bond acceptors (Lipinski definition) is 2. The van der Waals surface area contributed by atoms with Crippen LogP contribution in [0.1, 0.15) is 39.5 Å². The number of nitrogens with zero attached hydrogens (tertiary/aromatic N) is 1. The van der Waals surface area contributed by atoms with E-state index in [1.807, 2.05) is 4.90 Å². The lowest BCUT2D eigenvalue weighted by molar-refractivity contribution is -0.135. The third-order valence-corrected chi connectivity index (χ3v) is 5.48. The lowest BCUT2D eigenvalue weighted by atomic mass is 10.0. The van der Waals surface area contributed by atoms with Crippen molar-refractivity contribution in [2.75, 3.05) is 13.2 Å². The van der Waals surface area contributed by atoms with Gasteiger partial charge in [-0.25, -0.2) is 0 Å². The van der Waals surface area contributed by atoms with Crippen molar-refractivity contribution < 1.29 is 9.90 Å². The Morgan fingerprint density at radius 3 is 2.39 bits per heavy atom. The molecule has 18 heavy (non-hydrogen) atoms. The summed E-state index contributed by atoms with van der Waals surface area (Å²) in [5.74, 6) is 3.90. The Balaban J connectivity index is 1.64. The van der Waals surface area contributed by atoms with Crippen molar-refractivity contribution in [2.24, 2.45) is 29.6 Å². The molecule has 2 bridgehead atoms. The molecule has 3 nitrogen and oxygen atoms in total. The first kappa shape index (κ1) is 12.5. The Morgan fingerprint density at radius 1 is 1.28 bits per heavy atom.